The minimum Gasteiger partial charge on any atom is -0.376 e. The van der Waals surface area contributed by atoms with E-state index in [1.807, 2.05) is 13.0 Å². The Morgan fingerprint density at radius 2 is 1.86 bits per heavy atom. The summed E-state index contributed by atoms with van der Waals surface area (Å²) in [5.41, 5.74) is -0.0432. The van der Waals surface area contributed by atoms with Crippen molar-refractivity contribution in [3.05, 3.63) is 58.6 Å². The van der Waals surface area contributed by atoms with Gasteiger partial charge in [0.2, 0.25) is 0 Å². The van der Waals surface area contributed by atoms with Crippen LogP contribution in [-0.2, 0) is 14.0 Å². The molecule has 1 amide bonds. The Kier molecular flexibility index (Phi) is 9.55. The van der Waals surface area contributed by atoms with Crippen molar-refractivity contribution in [2.75, 3.05) is 25.7 Å². The average Bonchev–Trinajstić information content (AvgIpc) is 3.12. The number of nitrogens with one attached hydrogen (secondary N) is 1. The van der Waals surface area contributed by atoms with E-state index in [1.54, 1.807) is 43.6 Å². The lowest BCUT2D eigenvalue weighted by molar-refractivity contribution is -0.0600. The predicted molar refractivity (Wildman–Crippen MR) is 138 cm³/mol. The minimum absolute atomic E-state index is 0.00399. The van der Waals surface area contributed by atoms with Crippen LogP contribution >= 0.6 is 8.30 Å². The van der Waals surface area contributed by atoms with Crippen LogP contribution in [0.15, 0.2) is 47.4 Å². The summed E-state index contributed by atoms with van der Waals surface area (Å²) >= 11 is 0. The number of rotatable bonds is 10. The largest absolute Gasteiger partial charge is 0.376 e. The van der Waals surface area contributed by atoms with Gasteiger partial charge in [-0.2, -0.15) is 4.98 Å². The third-order valence-corrected chi connectivity index (χ3v) is 8.26. The molecule has 5 atom stereocenters. The Morgan fingerprint density at radius 3 is 2.43 bits per heavy atom. The standard InChI is InChI=1S/C25H37N4O5P/c1-16(2)29(17(3)4)35(7)33-15-20-18(5)22(32-6)24(34-20)28-14-13-21(27-25(28)31)26-23(30)19-11-9-8-10-12-19/h8-14,16-18,20,22,24H,15H2,1-7H3,(H,26,27,30,31)/t18-,20+,22?,24+,35?/m0/s1. The van der Waals surface area contributed by atoms with Crippen molar-refractivity contribution in [3.8, 4) is 0 Å². The number of aromatic nitrogens is 2. The molecule has 10 heteroatoms. The molecule has 3 rings (SSSR count). The zero-order chi connectivity index (χ0) is 25.7. The zero-order valence-electron chi connectivity index (χ0n) is 21.5. The maximum atomic E-state index is 12.9. The van der Waals surface area contributed by atoms with E-state index < -0.39 is 20.2 Å². The first-order valence-corrected chi connectivity index (χ1v) is 13.6. The predicted octanol–water partition coefficient (Wildman–Crippen LogP) is 4.12. The van der Waals surface area contributed by atoms with Gasteiger partial charge in [0.25, 0.3) is 5.91 Å². The molecule has 0 radical (unpaired) electrons. The van der Waals surface area contributed by atoms with Gasteiger partial charge in [-0.3, -0.25) is 14.0 Å². The first-order chi connectivity index (χ1) is 16.6. The summed E-state index contributed by atoms with van der Waals surface area (Å²) < 4.78 is 22.0. The third kappa shape index (κ3) is 6.54. The fourth-order valence-electron chi connectivity index (χ4n) is 4.55. The summed E-state index contributed by atoms with van der Waals surface area (Å²) in [6.07, 6.45) is 0.355. The van der Waals surface area contributed by atoms with Gasteiger partial charge < -0.3 is 19.3 Å². The smallest absolute Gasteiger partial charge is 0.351 e. The van der Waals surface area contributed by atoms with E-state index in [-0.39, 0.29) is 29.9 Å². The maximum Gasteiger partial charge on any atom is 0.351 e. The molecule has 0 bridgehead atoms. The fourth-order valence-corrected chi connectivity index (χ4v) is 6.34. The Bertz CT molecular complexity index is 1020. The highest BCUT2D eigenvalue weighted by molar-refractivity contribution is 7.49. The van der Waals surface area contributed by atoms with Gasteiger partial charge in [0.05, 0.1) is 12.7 Å². The van der Waals surface area contributed by atoms with Gasteiger partial charge in [-0.1, -0.05) is 25.1 Å². The molecule has 1 fully saturated rings. The summed E-state index contributed by atoms with van der Waals surface area (Å²) in [5, 5.41) is 2.66. The second kappa shape index (κ2) is 12.2. The van der Waals surface area contributed by atoms with E-state index in [1.165, 1.54) is 4.57 Å². The number of benzene rings is 1. The van der Waals surface area contributed by atoms with E-state index in [9.17, 15) is 9.59 Å². The summed E-state index contributed by atoms with van der Waals surface area (Å²) in [6, 6.07) is 11.1. The van der Waals surface area contributed by atoms with Crippen molar-refractivity contribution >= 4 is 20.0 Å². The Hall–Kier alpha value is -2.16. The molecule has 1 N–H and O–H groups in total. The first kappa shape index (κ1) is 27.4. The molecular formula is C25H37N4O5P. The van der Waals surface area contributed by atoms with Crippen LogP contribution in [0.3, 0.4) is 0 Å². The molecule has 1 saturated heterocycles. The number of ether oxygens (including phenoxy) is 2. The quantitative estimate of drug-likeness (QED) is 0.487. The van der Waals surface area contributed by atoms with Crippen molar-refractivity contribution in [1.82, 2.24) is 14.2 Å². The highest BCUT2D eigenvalue weighted by Gasteiger charge is 2.44. The Balaban J connectivity index is 1.70. The molecule has 35 heavy (non-hydrogen) atoms. The van der Waals surface area contributed by atoms with Crippen LogP contribution in [0.4, 0.5) is 5.82 Å². The molecule has 0 spiro atoms. The van der Waals surface area contributed by atoms with Gasteiger partial charge in [0.15, 0.2) is 6.23 Å². The number of hydrogen-bond acceptors (Lipinski definition) is 7. The lowest BCUT2D eigenvalue weighted by atomic mass is 10.0. The molecule has 1 aliphatic rings. The zero-order valence-corrected chi connectivity index (χ0v) is 22.4. The van der Waals surface area contributed by atoms with Crippen LogP contribution in [0.25, 0.3) is 0 Å². The third-order valence-electron chi connectivity index (χ3n) is 6.16. The average molecular weight is 505 g/mol. The number of nitrogens with zero attached hydrogens (tertiary/aromatic N) is 3. The highest BCUT2D eigenvalue weighted by Crippen LogP contribution is 2.43. The van der Waals surface area contributed by atoms with Crippen molar-refractivity contribution in [2.45, 2.75) is 65.1 Å². The topological polar surface area (TPSA) is 94.9 Å². The minimum atomic E-state index is -0.792. The molecule has 0 saturated carbocycles. The highest BCUT2D eigenvalue weighted by atomic mass is 31.2. The van der Waals surface area contributed by atoms with Crippen LogP contribution in [0, 0.1) is 5.92 Å². The van der Waals surface area contributed by atoms with Crippen LogP contribution in [0.2, 0.25) is 0 Å². The molecular weight excluding hydrogens is 467 g/mol. The molecule has 0 aliphatic carbocycles. The normalized spacial score (nSPS) is 23.3. The van der Waals surface area contributed by atoms with Gasteiger partial charge in [-0.25, -0.2) is 4.79 Å². The number of amides is 1. The number of carbonyl (C=O) groups is 1. The molecule has 2 aromatic rings. The van der Waals surface area contributed by atoms with Crippen molar-refractivity contribution in [1.29, 1.82) is 0 Å². The monoisotopic (exact) mass is 504 g/mol. The van der Waals surface area contributed by atoms with E-state index in [4.69, 9.17) is 14.0 Å². The van der Waals surface area contributed by atoms with Gasteiger partial charge >= 0.3 is 5.69 Å². The Labute approximate surface area is 208 Å². The second-order valence-electron chi connectivity index (χ2n) is 9.27. The van der Waals surface area contributed by atoms with Gasteiger partial charge in [0.1, 0.15) is 20.2 Å². The van der Waals surface area contributed by atoms with Crippen LogP contribution < -0.4 is 11.0 Å². The number of methoxy groups -OCH3 is 1. The molecule has 1 aromatic heterocycles. The van der Waals surface area contributed by atoms with Gasteiger partial charge in [0, 0.05) is 36.9 Å². The van der Waals surface area contributed by atoms with E-state index in [0.717, 1.165) is 0 Å². The SMILES string of the molecule is COC1[C@@H](C)[C@@H](COP(C)N(C(C)C)C(C)C)O[C@H]1n1ccc(NC(=O)c2ccccc2)nc1=O. The Morgan fingerprint density at radius 1 is 1.20 bits per heavy atom. The molecule has 2 unspecified atom stereocenters. The van der Waals surface area contributed by atoms with E-state index in [2.05, 4.69) is 49.3 Å². The number of carbonyl (C=O) groups excluding carboxylic acids is 1. The molecule has 9 nitrogen and oxygen atoms in total. The molecule has 192 valence electrons. The summed E-state index contributed by atoms with van der Waals surface area (Å²) in [7, 11) is 0.819. The summed E-state index contributed by atoms with van der Waals surface area (Å²) in [6.45, 7) is 13.2. The van der Waals surface area contributed by atoms with Crippen LogP contribution in [-0.4, -0.2) is 64.8 Å². The van der Waals surface area contributed by atoms with Crippen molar-refractivity contribution in [3.63, 3.8) is 0 Å². The second-order valence-corrected chi connectivity index (χ2v) is 10.9. The van der Waals surface area contributed by atoms with Crippen LogP contribution in [0.1, 0.15) is 51.2 Å². The molecule has 2 heterocycles. The van der Waals surface area contributed by atoms with Gasteiger partial charge in [-0.05, 0) is 52.6 Å². The van der Waals surface area contributed by atoms with Crippen molar-refractivity contribution < 1.29 is 18.8 Å². The van der Waals surface area contributed by atoms with Crippen molar-refractivity contribution in [2.24, 2.45) is 5.92 Å². The summed E-state index contributed by atoms with van der Waals surface area (Å²) in [5.74, 6) is -0.149. The lowest BCUT2D eigenvalue weighted by Gasteiger charge is -2.35. The van der Waals surface area contributed by atoms with Gasteiger partial charge in [-0.15, -0.1) is 0 Å². The molecule has 1 aliphatic heterocycles. The maximum absolute atomic E-state index is 12.9. The fraction of sp³-hybridized carbons (Fsp3) is 0.560. The van der Waals surface area contributed by atoms with Crippen LogP contribution in [0.5, 0.6) is 0 Å². The first-order valence-electron chi connectivity index (χ1n) is 11.9. The number of anilines is 1. The number of hydrogen-bond donors (Lipinski definition) is 1. The van der Waals surface area contributed by atoms with E-state index >= 15 is 0 Å². The lowest BCUT2D eigenvalue weighted by Crippen LogP contribution is -2.34. The molecule has 1 aromatic carbocycles. The summed E-state index contributed by atoms with van der Waals surface area (Å²) in [4.78, 5) is 29.3. The van der Waals surface area contributed by atoms with E-state index in [0.29, 0.717) is 24.3 Å².